The largest absolute Gasteiger partial charge is 0.460 e. The fourth-order valence-electron chi connectivity index (χ4n) is 0.764. The third kappa shape index (κ3) is 2.70. The topological polar surface area (TPSA) is 63.2 Å². The van der Waals surface area contributed by atoms with E-state index in [0.29, 0.717) is 4.72 Å². The maximum Gasteiger partial charge on any atom is 0.460 e. The summed E-state index contributed by atoms with van der Waals surface area (Å²) >= 11 is 0. The zero-order valence-electron chi connectivity index (χ0n) is 8.82. The molecule has 0 heterocycles. The van der Waals surface area contributed by atoms with Gasteiger partial charge in [-0.3, -0.25) is 0 Å². The first-order valence-electron chi connectivity index (χ1n) is 4.19. The van der Waals surface area contributed by atoms with Crippen LogP contribution in [0.15, 0.2) is 0 Å². The molecule has 0 fully saturated rings. The van der Waals surface area contributed by atoms with Crippen LogP contribution in [-0.2, 0) is 14.8 Å². The van der Waals surface area contributed by atoms with Crippen LogP contribution in [0.25, 0.3) is 0 Å². The molecule has 0 aromatic rings. The minimum atomic E-state index is -7.32. The van der Waals surface area contributed by atoms with Crippen molar-refractivity contribution in [1.29, 1.82) is 0 Å². The van der Waals surface area contributed by atoms with Crippen molar-refractivity contribution in [2.45, 2.75) is 23.3 Å². The molecule has 0 aliphatic heterocycles. The smallest absolute Gasteiger partial charge is 0.302 e. The van der Waals surface area contributed by atoms with E-state index in [2.05, 4.69) is 0 Å². The van der Waals surface area contributed by atoms with Gasteiger partial charge < -0.3 is 4.79 Å². The molecule has 0 aromatic heterocycles. The van der Waals surface area contributed by atoms with Gasteiger partial charge in [-0.2, -0.15) is 39.5 Å². The molecule has 0 rings (SSSR count). The van der Waals surface area contributed by atoms with Gasteiger partial charge in [-0.25, -0.2) is 13.1 Å². The third-order valence-electron chi connectivity index (χ3n) is 1.81. The summed E-state index contributed by atoms with van der Waals surface area (Å²) in [6.07, 6.45) is -7.55. The zero-order chi connectivity index (χ0) is 16.6. The number of halogens is 9. The van der Waals surface area contributed by atoms with E-state index in [0.717, 1.165) is 0 Å². The molecule has 0 spiro atoms. The van der Waals surface area contributed by atoms with Gasteiger partial charge in [0.25, 0.3) is 10.0 Å². The molecule has 0 atom stereocenters. The highest BCUT2D eigenvalue weighted by molar-refractivity contribution is 7.90. The molecule has 0 bridgehead atoms. The highest BCUT2D eigenvalue weighted by Crippen LogP contribution is 2.54. The van der Waals surface area contributed by atoms with Gasteiger partial charge in [-0.15, -0.1) is 0 Å². The van der Waals surface area contributed by atoms with Crippen LogP contribution in [0.1, 0.15) is 0 Å². The molecule has 1 N–H and O–H groups in total. The van der Waals surface area contributed by atoms with Gasteiger partial charge in [0.2, 0.25) is 0 Å². The van der Waals surface area contributed by atoms with Gasteiger partial charge in [0.15, 0.2) is 0 Å². The zero-order valence-corrected chi connectivity index (χ0v) is 9.64. The molecule has 0 aliphatic rings. The molecule has 0 radical (unpaired) electrons. The molecule has 4 nitrogen and oxygen atoms in total. The van der Waals surface area contributed by atoms with Crippen molar-refractivity contribution in [1.82, 2.24) is 4.72 Å². The standard InChI is InChI=1S/C6H4F9NO3S/c7-3(8,5(11,12)13)4(9,10)6(14,15)20(18,19)16-1-2-17/h2,16H,1H2. The van der Waals surface area contributed by atoms with Crippen LogP contribution in [0.4, 0.5) is 39.5 Å². The fraction of sp³-hybridized carbons (Fsp3) is 0.833. The molecular formula is C6H4F9NO3S. The summed E-state index contributed by atoms with van der Waals surface area (Å²) in [5.41, 5.74) is 0. The van der Waals surface area contributed by atoms with Crippen LogP contribution in [0.5, 0.6) is 0 Å². The highest BCUT2D eigenvalue weighted by atomic mass is 32.2. The lowest BCUT2D eigenvalue weighted by atomic mass is 10.1. The van der Waals surface area contributed by atoms with Gasteiger partial charge >= 0.3 is 23.3 Å². The Morgan fingerprint density at radius 3 is 1.55 bits per heavy atom. The average molecular weight is 341 g/mol. The van der Waals surface area contributed by atoms with E-state index in [1.165, 1.54) is 0 Å². The van der Waals surface area contributed by atoms with Crippen molar-refractivity contribution in [2.75, 3.05) is 6.54 Å². The summed E-state index contributed by atoms with van der Waals surface area (Å²) in [4.78, 5) is 9.70. The molecule has 0 unspecified atom stereocenters. The SMILES string of the molecule is O=CCNS(=O)(=O)C(F)(F)C(F)(F)C(F)(F)C(F)(F)F. The van der Waals surface area contributed by atoms with E-state index in [9.17, 15) is 52.7 Å². The molecule has 14 heteroatoms. The maximum absolute atomic E-state index is 12.8. The van der Waals surface area contributed by atoms with Gasteiger partial charge in [0, 0.05) is 0 Å². The number of hydrogen-bond donors (Lipinski definition) is 1. The number of hydrogen-bond acceptors (Lipinski definition) is 3. The van der Waals surface area contributed by atoms with Crippen molar-refractivity contribution in [3.8, 4) is 0 Å². The lowest BCUT2D eigenvalue weighted by molar-refractivity contribution is -0.382. The second kappa shape index (κ2) is 5.05. The number of sulfonamides is 1. The molecular weight excluding hydrogens is 337 g/mol. The molecule has 120 valence electrons. The predicted molar refractivity (Wildman–Crippen MR) is 43.9 cm³/mol. The number of rotatable bonds is 6. The Bertz CT molecular complexity index is 469. The Labute approximate surface area is 105 Å². The molecule has 0 aromatic carbocycles. The number of carbonyl (C=O) groups is 1. The van der Waals surface area contributed by atoms with Crippen molar-refractivity contribution in [3.05, 3.63) is 0 Å². The van der Waals surface area contributed by atoms with Crippen LogP contribution in [0.3, 0.4) is 0 Å². The number of aldehydes is 1. The Balaban J connectivity index is 5.87. The predicted octanol–water partition coefficient (Wildman–Crippen LogP) is 1.53. The van der Waals surface area contributed by atoms with Crippen LogP contribution in [-0.4, -0.2) is 44.5 Å². The molecule has 0 saturated heterocycles. The van der Waals surface area contributed by atoms with Gasteiger partial charge in [-0.1, -0.05) is 0 Å². The molecule has 20 heavy (non-hydrogen) atoms. The lowest BCUT2D eigenvalue weighted by Gasteiger charge is -2.32. The Morgan fingerprint density at radius 1 is 0.850 bits per heavy atom. The second-order valence-electron chi connectivity index (χ2n) is 3.18. The Kier molecular flexibility index (Phi) is 4.79. The van der Waals surface area contributed by atoms with E-state index in [1.54, 1.807) is 0 Å². The van der Waals surface area contributed by atoms with Gasteiger partial charge in [-0.05, 0) is 0 Å². The summed E-state index contributed by atoms with van der Waals surface area (Å²) in [6, 6.07) is 0. The van der Waals surface area contributed by atoms with Crippen molar-refractivity contribution < 1.29 is 52.7 Å². The number of nitrogens with one attached hydrogen (secondary N) is 1. The van der Waals surface area contributed by atoms with E-state index in [4.69, 9.17) is 0 Å². The van der Waals surface area contributed by atoms with Crippen molar-refractivity contribution in [2.24, 2.45) is 0 Å². The van der Waals surface area contributed by atoms with E-state index < -0.39 is 46.1 Å². The maximum atomic E-state index is 12.8. The number of alkyl halides is 9. The first-order chi connectivity index (χ1) is 8.56. The summed E-state index contributed by atoms with van der Waals surface area (Å²) < 4.78 is 132. The highest BCUT2D eigenvalue weighted by Gasteiger charge is 2.85. The first-order valence-corrected chi connectivity index (χ1v) is 5.67. The Hall–Kier alpha value is -1.05. The van der Waals surface area contributed by atoms with E-state index in [1.807, 2.05) is 0 Å². The summed E-state index contributed by atoms with van der Waals surface area (Å²) in [5.74, 6) is -14.6. The second-order valence-corrected chi connectivity index (χ2v) is 4.99. The van der Waals surface area contributed by atoms with Gasteiger partial charge in [0.05, 0.1) is 6.54 Å². The average Bonchev–Trinajstić information content (AvgIpc) is 2.24. The van der Waals surface area contributed by atoms with Crippen LogP contribution >= 0.6 is 0 Å². The summed E-state index contributed by atoms with van der Waals surface area (Å²) in [6.45, 7) is -1.52. The van der Waals surface area contributed by atoms with Crippen molar-refractivity contribution in [3.63, 3.8) is 0 Å². The van der Waals surface area contributed by atoms with Crippen LogP contribution < -0.4 is 4.72 Å². The summed E-state index contributed by atoms with van der Waals surface area (Å²) in [5, 5.41) is -6.82. The van der Waals surface area contributed by atoms with E-state index >= 15 is 0 Å². The van der Waals surface area contributed by atoms with Crippen molar-refractivity contribution >= 4 is 16.3 Å². The van der Waals surface area contributed by atoms with Crippen LogP contribution in [0.2, 0.25) is 0 Å². The monoisotopic (exact) mass is 341 g/mol. The number of carbonyl (C=O) groups excluding carboxylic acids is 1. The lowest BCUT2D eigenvalue weighted by Crippen LogP contribution is -2.65. The Morgan fingerprint density at radius 2 is 1.25 bits per heavy atom. The van der Waals surface area contributed by atoms with E-state index in [-0.39, 0.29) is 0 Å². The quantitative estimate of drug-likeness (QED) is 0.589. The summed E-state index contributed by atoms with van der Waals surface area (Å²) in [7, 11) is -6.67. The van der Waals surface area contributed by atoms with Gasteiger partial charge in [0.1, 0.15) is 6.29 Å². The minimum Gasteiger partial charge on any atom is -0.302 e. The first kappa shape index (κ1) is 18.9. The van der Waals surface area contributed by atoms with Crippen LogP contribution in [0, 0.1) is 0 Å². The molecule has 0 saturated carbocycles. The molecule has 0 aliphatic carbocycles. The third-order valence-corrected chi connectivity index (χ3v) is 3.29. The molecule has 0 amide bonds. The fourth-order valence-corrected chi connectivity index (χ4v) is 1.70. The normalized spacial score (nSPS) is 15.2. The minimum absolute atomic E-state index is 0.423.